The van der Waals surface area contributed by atoms with Gasteiger partial charge in [0.05, 0.1) is 6.61 Å². The van der Waals surface area contributed by atoms with Gasteiger partial charge in [0.15, 0.2) is 0 Å². The first-order valence-electron chi connectivity index (χ1n) is 7.92. The van der Waals surface area contributed by atoms with E-state index in [-0.39, 0.29) is 31.1 Å². The molecule has 3 saturated heterocycles. The molecule has 6 heteroatoms. The van der Waals surface area contributed by atoms with Crippen LogP contribution in [0.4, 0.5) is 0 Å². The lowest BCUT2D eigenvalue weighted by Crippen LogP contribution is -2.48. The summed E-state index contributed by atoms with van der Waals surface area (Å²) in [6, 6.07) is 10.1. The number of likely N-dealkylation sites (N-methyl/N-ethyl adjacent to an activating group) is 1. The van der Waals surface area contributed by atoms with Gasteiger partial charge in [0.25, 0.3) is 0 Å². The minimum absolute atomic E-state index is 0. The van der Waals surface area contributed by atoms with Crippen LogP contribution in [0.1, 0.15) is 24.3 Å². The van der Waals surface area contributed by atoms with Gasteiger partial charge >= 0.3 is 5.97 Å². The highest BCUT2D eigenvalue weighted by molar-refractivity contribution is 5.85. The molecule has 3 aliphatic rings. The van der Waals surface area contributed by atoms with Crippen LogP contribution >= 0.6 is 12.4 Å². The van der Waals surface area contributed by atoms with Gasteiger partial charge < -0.3 is 14.6 Å². The minimum Gasteiger partial charge on any atom is -0.462 e. The molecule has 5 unspecified atom stereocenters. The molecule has 3 fully saturated rings. The molecule has 0 aromatic heterocycles. The molecular weight excluding hydrogens is 318 g/mol. The van der Waals surface area contributed by atoms with E-state index in [1.54, 1.807) is 0 Å². The average molecular weight is 340 g/mol. The third-order valence-corrected chi connectivity index (χ3v) is 5.33. The lowest BCUT2D eigenvalue weighted by Gasteiger charge is -2.38. The zero-order valence-corrected chi connectivity index (χ0v) is 13.8. The van der Waals surface area contributed by atoms with Crippen molar-refractivity contribution < 1.29 is 19.4 Å². The summed E-state index contributed by atoms with van der Waals surface area (Å²) in [6.45, 7) is -0.226. The maximum Gasteiger partial charge on any atom is 0.316 e. The molecule has 0 amide bonds. The van der Waals surface area contributed by atoms with Crippen LogP contribution in [0.15, 0.2) is 30.3 Å². The van der Waals surface area contributed by atoms with Crippen molar-refractivity contribution in [3.05, 3.63) is 35.9 Å². The number of epoxide rings is 1. The fourth-order valence-electron chi connectivity index (χ4n) is 4.04. The summed E-state index contributed by atoms with van der Waals surface area (Å²) in [5.74, 6) is -0.915. The second-order valence-corrected chi connectivity index (χ2v) is 6.54. The van der Waals surface area contributed by atoms with Gasteiger partial charge in [-0.2, -0.15) is 0 Å². The average Bonchev–Trinajstić information content (AvgIpc) is 3.27. The standard InChI is InChI=1S/C17H21NO4.ClH/c1-18-13-7-11(8-14(18)16-15(13)22-16)21-17(20)12(9-19)10-5-3-2-4-6-10;/h2-6,11-16,19H,7-9H2,1H3;1H. The Morgan fingerprint density at radius 1 is 1.30 bits per heavy atom. The summed E-state index contributed by atoms with van der Waals surface area (Å²) < 4.78 is 11.4. The largest absolute Gasteiger partial charge is 0.462 e. The summed E-state index contributed by atoms with van der Waals surface area (Å²) in [7, 11) is 2.13. The zero-order chi connectivity index (χ0) is 15.3. The Kier molecular flexibility index (Phi) is 4.65. The van der Waals surface area contributed by atoms with E-state index in [0.29, 0.717) is 24.3 Å². The van der Waals surface area contributed by atoms with Crippen molar-refractivity contribution in [1.29, 1.82) is 0 Å². The Hall–Kier alpha value is -1.14. The minimum atomic E-state index is -0.593. The molecule has 4 rings (SSSR count). The number of halogens is 1. The van der Waals surface area contributed by atoms with Crippen molar-refractivity contribution in [2.24, 2.45) is 0 Å². The number of aliphatic hydroxyl groups excluding tert-OH is 1. The first kappa shape index (κ1) is 16.7. The molecule has 0 saturated carbocycles. The lowest BCUT2D eigenvalue weighted by molar-refractivity contribution is -0.156. The molecule has 3 aliphatic heterocycles. The van der Waals surface area contributed by atoms with Crippen LogP contribution in [0.2, 0.25) is 0 Å². The number of hydrogen-bond acceptors (Lipinski definition) is 5. The van der Waals surface area contributed by atoms with Crippen LogP contribution in [0.25, 0.3) is 0 Å². The number of piperidine rings is 1. The molecule has 0 radical (unpaired) electrons. The fraction of sp³-hybridized carbons (Fsp3) is 0.588. The highest BCUT2D eigenvalue weighted by Gasteiger charge is 2.62. The Bertz CT molecular complexity index is 551. The number of carbonyl (C=O) groups excluding carboxylic acids is 1. The predicted octanol–water partition coefficient (Wildman–Crippen LogP) is 1.34. The summed E-state index contributed by atoms with van der Waals surface area (Å²) in [4.78, 5) is 14.8. The second kappa shape index (κ2) is 6.40. The zero-order valence-electron chi connectivity index (χ0n) is 13.0. The van der Waals surface area contributed by atoms with E-state index < -0.39 is 5.92 Å². The smallest absolute Gasteiger partial charge is 0.316 e. The van der Waals surface area contributed by atoms with Gasteiger partial charge in [-0.3, -0.25) is 9.69 Å². The molecule has 1 N–H and O–H groups in total. The van der Waals surface area contributed by atoms with E-state index in [1.165, 1.54) is 0 Å². The number of nitrogens with zero attached hydrogens (tertiary/aromatic N) is 1. The monoisotopic (exact) mass is 339 g/mol. The highest BCUT2D eigenvalue weighted by Crippen LogP contribution is 2.48. The molecule has 1 aromatic rings. The normalized spacial score (nSPS) is 35.8. The van der Waals surface area contributed by atoms with Gasteiger partial charge in [0.1, 0.15) is 24.2 Å². The van der Waals surface area contributed by atoms with Crippen LogP contribution in [0.3, 0.4) is 0 Å². The molecule has 0 spiro atoms. The number of benzene rings is 1. The molecule has 2 bridgehead atoms. The SMILES string of the molecule is CN1C2CC(OC(=O)C(CO)c3ccccc3)CC1C1OC12.Cl. The van der Waals surface area contributed by atoms with E-state index in [0.717, 1.165) is 18.4 Å². The Labute approximate surface area is 142 Å². The third-order valence-electron chi connectivity index (χ3n) is 5.33. The molecular formula is C17H22ClNO4. The number of carbonyl (C=O) groups is 1. The Morgan fingerprint density at radius 2 is 1.91 bits per heavy atom. The molecule has 126 valence electrons. The topological polar surface area (TPSA) is 62.3 Å². The van der Waals surface area contributed by atoms with Crippen molar-refractivity contribution in [3.63, 3.8) is 0 Å². The van der Waals surface area contributed by atoms with Crippen LogP contribution in [-0.2, 0) is 14.3 Å². The number of morpholine rings is 1. The van der Waals surface area contributed by atoms with Gasteiger partial charge in [0, 0.05) is 24.9 Å². The molecule has 5 nitrogen and oxygen atoms in total. The van der Waals surface area contributed by atoms with E-state index >= 15 is 0 Å². The number of esters is 1. The van der Waals surface area contributed by atoms with Gasteiger partial charge in [0.2, 0.25) is 0 Å². The quantitative estimate of drug-likeness (QED) is 0.662. The van der Waals surface area contributed by atoms with Crippen LogP contribution in [0, 0.1) is 0 Å². The fourth-order valence-corrected chi connectivity index (χ4v) is 4.04. The second-order valence-electron chi connectivity index (χ2n) is 6.54. The maximum absolute atomic E-state index is 12.4. The van der Waals surface area contributed by atoms with Gasteiger partial charge in [-0.25, -0.2) is 0 Å². The number of fused-ring (bicyclic) bond motifs is 5. The molecule has 0 aliphatic carbocycles. The Balaban J connectivity index is 0.00000156. The Morgan fingerprint density at radius 3 is 2.48 bits per heavy atom. The first-order valence-corrected chi connectivity index (χ1v) is 7.92. The number of ether oxygens (including phenoxy) is 2. The maximum atomic E-state index is 12.4. The predicted molar refractivity (Wildman–Crippen MR) is 86.6 cm³/mol. The number of hydrogen-bond donors (Lipinski definition) is 1. The lowest BCUT2D eigenvalue weighted by atomic mass is 9.97. The molecule has 1 aromatic carbocycles. The van der Waals surface area contributed by atoms with Gasteiger partial charge in [-0.05, 0) is 12.6 Å². The van der Waals surface area contributed by atoms with Crippen LogP contribution in [-0.4, -0.2) is 60.0 Å². The summed E-state index contributed by atoms with van der Waals surface area (Å²) in [5, 5.41) is 9.56. The van der Waals surface area contributed by atoms with E-state index in [2.05, 4.69) is 11.9 Å². The van der Waals surface area contributed by atoms with Gasteiger partial charge in [-0.15, -0.1) is 12.4 Å². The van der Waals surface area contributed by atoms with Gasteiger partial charge in [-0.1, -0.05) is 30.3 Å². The highest BCUT2D eigenvalue weighted by atomic mass is 35.5. The molecule has 5 atom stereocenters. The first-order chi connectivity index (χ1) is 10.7. The van der Waals surface area contributed by atoms with E-state index in [9.17, 15) is 9.90 Å². The van der Waals surface area contributed by atoms with Crippen molar-refractivity contribution in [3.8, 4) is 0 Å². The van der Waals surface area contributed by atoms with Crippen LogP contribution < -0.4 is 0 Å². The van der Waals surface area contributed by atoms with E-state index in [4.69, 9.17) is 9.47 Å². The summed E-state index contributed by atoms with van der Waals surface area (Å²) in [5.41, 5.74) is 0.803. The van der Waals surface area contributed by atoms with Crippen molar-refractivity contribution in [2.45, 2.75) is 49.2 Å². The molecule has 3 heterocycles. The van der Waals surface area contributed by atoms with Crippen molar-refractivity contribution in [2.75, 3.05) is 13.7 Å². The van der Waals surface area contributed by atoms with E-state index in [1.807, 2.05) is 30.3 Å². The molecule has 23 heavy (non-hydrogen) atoms. The number of aliphatic hydroxyl groups is 1. The number of rotatable bonds is 4. The van der Waals surface area contributed by atoms with Crippen molar-refractivity contribution in [1.82, 2.24) is 4.90 Å². The summed E-state index contributed by atoms with van der Waals surface area (Å²) >= 11 is 0. The van der Waals surface area contributed by atoms with Crippen molar-refractivity contribution >= 4 is 18.4 Å². The van der Waals surface area contributed by atoms with Crippen LogP contribution in [0.5, 0.6) is 0 Å². The summed E-state index contributed by atoms with van der Waals surface area (Å²) in [6.07, 6.45) is 2.26. The third kappa shape index (κ3) is 2.87.